The van der Waals surface area contributed by atoms with Gasteiger partial charge in [0.25, 0.3) is 0 Å². The summed E-state index contributed by atoms with van der Waals surface area (Å²) in [5.74, 6) is 0.855. The van der Waals surface area contributed by atoms with Crippen LogP contribution in [0.4, 0.5) is 0 Å². The van der Waals surface area contributed by atoms with E-state index in [9.17, 15) is 0 Å². The number of ether oxygens (including phenoxy) is 5. The quantitative estimate of drug-likeness (QED) is 0.204. The average molecular weight is 491 g/mol. The van der Waals surface area contributed by atoms with Gasteiger partial charge in [0.1, 0.15) is 24.1 Å². The van der Waals surface area contributed by atoms with Crippen LogP contribution in [0.25, 0.3) is 5.57 Å². The van der Waals surface area contributed by atoms with E-state index < -0.39 is 0 Å². The Hall–Kier alpha value is -1.40. The summed E-state index contributed by atoms with van der Waals surface area (Å²) in [6.45, 7) is 14.1. The van der Waals surface area contributed by atoms with Gasteiger partial charge in [0.2, 0.25) is 0 Å². The maximum atomic E-state index is 6.73. The van der Waals surface area contributed by atoms with E-state index >= 15 is 0 Å². The molecular weight excluding hydrogens is 440 g/mol. The van der Waals surface area contributed by atoms with Crippen molar-refractivity contribution in [3.8, 4) is 0 Å². The molecule has 35 heavy (non-hydrogen) atoms. The second kappa shape index (κ2) is 17.9. The van der Waals surface area contributed by atoms with E-state index in [2.05, 4.69) is 58.9 Å². The van der Waals surface area contributed by atoms with E-state index in [1.807, 2.05) is 6.07 Å². The van der Waals surface area contributed by atoms with Crippen molar-refractivity contribution in [3.63, 3.8) is 0 Å². The van der Waals surface area contributed by atoms with Gasteiger partial charge in [-0.25, -0.2) is 0 Å². The van der Waals surface area contributed by atoms with Gasteiger partial charge in [-0.3, -0.25) is 0 Å². The first-order valence-corrected chi connectivity index (χ1v) is 14.0. The van der Waals surface area contributed by atoms with E-state index in [0.29, 0.717) is 26.4 Å². The van der Waals surface area contributed by atoms with Crippen molar-refractivity contribution in [1.82, 2.24) is 0 Å². The maximum absolute atomic E-state index is 6.73. The lowest BCUT2D eigenvalue weighted by molar-refractivity contribution is -0.214. The zero-order chi connectivity index (χ0) is 25.3. The van der Waals surface area contributed by atoms with Crippen LogP contribution in [0.15, 0.2) is 36.1 Å². The van der Waals surface area contributed by atoms with E-state index in [1.165, 1.54) is 0 Å². The summed E-state index contributed by atoms with van der Waals surface area (Å²) in [5.41, 5.74) is 2.22. The van der Waals surface area contributed by atoms with Gasteiger partial charge in [0.15, 0.2) is 6.10 Å². The van der Waals surface area contributed by atoms with Crippen LogP contribution >= 0.6 is 0 Å². The number of benzene rings is 1. The molecular formula is C30H50O5. The second-order valence-electron chi connectivity index (χ2n) is 9.46. The number of allylic oxidation sites excluding steroid dienone is 1. The Labute approximate surface area is 214 Å². The van der Waals surface area contributed by atoms with Gasteiger partial charge in [-0.05, 0) is 43.7 Å². The summed E-state index contributed by atoms with van der Waals surface area (Å²) in [7, 11) is 0. The fourth-order valence-electron chi connectivity index (χ4n) is 4.17. The Kier molecular flexibility index (Phi) is 15.3. The molecule has 1 aromatic carbocycles. The van der Waals surface area contributed by atoms with Crippen molar-refractivity contribution in [2.45, 2.75) is 110 Å². The van der Waals surface area contributed by atoms with Gasteiger partial charge in [0.05, 0.1) is 6.61 Å². The van der Waals surface area contributed by atoms with Crippen molar-refractivity contribution < 1.29 is 23.7 Å². The van der Waals surface area contributed by atoms with Gasteiger partial charge in [-0.15, -0.1) is 0 Å². The minimum atomic E-state index is -0.308. The molecule has 0 spiro atoms. The smallest absolute Gasteiger partial charge is 0.150 e. The molecule has 1 aromatic rings. The molecule has 5 nitrogen and oxygen atoms in total. The van der Waals surface area contributed by atoms with Crippen molar-refractivity contribution >= 4 is 5.57 Å². The topological polar surface area (TPSA) is 46.2 Å². The van der Waals surface area contributed by atoms with E-state index in [1.54, 1.807) is 0 Å². The minimum absolute atomic E-state index is 0.237. The highest BCUT2D eigenvalue weighted by atomic mass is 16.6. The first-order valence-electron chi connectivity index (χ1n) is 14.0. The Morgan fingerprint density at radius 2 is 1.26 bits per heavy atom. The van der Waals surface area contributed by atoms with Crippen molar-refractivity contribution in [2.75, 3.05) is 33.0 Å². The molecule has 0 N–H and O–H groups in total. The van der Waals surface area contributed by atoms with Crippen LogP contribution < -0.4 is 0 Å². The normalized spacial score (nSPS) is 23.8. The largest absolute Gasteiger partial charge is 0.486 e. The fourth-order valence-corrected chi connectivity index (χ4v) is 4.17. The summed E-state index contributed by atoms with van der Waals surface area (Å²) >= 11 is 0. The summed E-state index contributed by atoms with van der Waals surface area (Å²) in [4.78, 5) is 0. The van der Waals surface area contributed by atoms with Gasteiger partial charge < -0.3 is 23.7 Å². The SMILES string of the molecule is CCCCOC[C@H]1O/C(=C(/C)c2ccccc2)[C@H](OCCCC)[C@@H](OCCCC)[C@H]1OCCCC. The molecule has 1 fully saturated rings. The third kappa shape index (κ3) is 9.87. The van der Waals surface area contributed by atoms with E-state index in [-0.39, 0.29) is 24.4 Å². The first-order chi connectivity index (χ1) is 17.2. The molecule has 1 aliphatic rings. The molecule has 2 rings (SSSR count). The van der Waals surface area contributed by atoms with Crippen LogP contribution in [-0.2, 0) is 23.7 Å². The third-order valence-electron chi connectivity index (χ3n) is 6.44. The molecule has 0 aliphatic carbocycles. The highest BCUT2D eigenvalue weighted by Crippen LogP contribution is 2.35. The Morgan fingerprint density at radius 1 is 0.714 bits per heavy atom. The van der Waals surface area contributed by atoms with Crippen LogP contribution in [0.5, 0.6) is 0 Å². The number of unbranched alkanes of at least 4 members (excludes halogenated alkanes) is 4. The highest BCUT2D eigenvalue weighted by molar-refractivity contribution is 5.66. The van der Waals surface area contributed by atoms with E-state index in [4.69, 9.17) is 23.7 Å². The summed E-state index contributed by atoms with van der Waals surface area (Å²) < 4.78 is 32.4. The molecule has 1 heterocycles. The second-order valence-corrected chi connectivity index (χ2v) is 9.46. The van der Waals surface area contributed by atoms with Crippen LogP contribution in [0.1, 0.15) is 91.5 Å². The standard InChI is InChI=1S/C30H50O5/c1-6-10-19-31-23-26-28(32-20-11-7-2)30(34-22-13-9-4)29(33-21-12-8-3)27(35-26)24(5)25-17-15-14-16-18-25/h14-18,26,28-30H,6-13,19-23H2,1-5H3/b27-24-/t26-,28+,29+,30+/m1/s1. The van der Waals surface area contributed by atoms with Gasteiger partial charge in [0, 0.05) is 26.4 Å². The molecule has 0 amide bonds. The summed E-state index contributed by atoms with van der Waals surface area (Å²) in [5, 5.41) is 0. The molecule has 200 valence electrons. The van der Waals surface area contributed by atoms with Crippen molar-refractivity contribution in [1.29, 1.82) is 0 Å². The molecule has 0 unspecified atom stereocenters. The van der Waals surface area contributed by atoms with Crippen LogP contribution in [0.3, 0.4) is 0 Å². The zero-order valence-corrected chi connectivity index (χ0v) is 22.9. The summed E-state index contributed by atoms with van der Waals surface area (Å²) in [6.07, 6.45) is 7.39. The summed E-state index contributed by atoms with van der Waals surface area (Å²) in [6, 6.07) is 10.4. The number of hydrogen-bond donors (Lipinski definition) is 0. The van der Waals surface area contributed by atoms with Crippen LogP contribution in [0.2, 0.25) is 0 Å². The Bertz CT molecular complexity index is 689. The van der Waals surface area contributed by atoms with Crippen molar-refractivity contribution in [3.05, 3.63) is 41.7 Å². The van der Waals surface area contributed by atoms with E-state index in [0.717, 1.165) is 74.9 Å². The van der Waals surface area contributed by atoms with Crippen LogP contribution in [0, 0.1) is 0 Å². The predicted octanol–water partition coefficient (Wildman–Crippen LogP) is 7.19. The molecule has 0 radical (unpaired) electrons. The average Bonchev–Trinajstić information content (AvgIpc) is 2.88. The Balaban J connectivity index is 2.43. The number of rotatable bonds is 18. The molecule has 4 atom stereocenters. The molecule has 0 aromatic heterocycles. The lowest BCUT2D eigenvalue weighted by Gasteiger charge is -2.44. The molecule has 1 aliphatic heterocycles. The maximum Gasteiger partial charge on any atom is 0.150 e. The fraction of sp³-hybridized carbons (Fsp3) is 0.733. The number of hydrogen-bond acceptors (Lipinski definition) is 5. The predicted molar refractivity (Wildman–Crippen MR) is 144 cm³/mol. The minimum Gasteiger partial charge on any atom is -0.486 e. The third-order valence-corrected chi connectivity index (χ3v) is 6.44. The van der Waals surface area contributed by atoms with Crippen molar-refractivity contribution in [2.24, 2.45) is 0 Å². The molecule has 5 heteroatoms. The lowest BCUT2D eigenvalue weighted by Crippen LogP contribution is -2.57. The van der Waals surface area contributed by atoms with Gasteiger partial charge in [-0.2, -0.15) is 0 Å². The van der Waals surface area contributed by atoms with Crippen LogP contribution in [-0.4, -0.2) is 57.5 Å². The molecule has 1 saturated heterocycles. The molecule has 0 saturated carbocycles. The van der Waals surface area contributed by atoms with Gasteiger partial charge in [-0.1, -0.05) is 83.7 Å². The lowest BCUT2D eigenvalue weighted by atomic mass is 9.93. The first kappa shape index (κ1) is 29.8. The molecule has 0 bridgehead atoms. The Morgan fingerprint density at radius 3 is 1.86 bits per heavy atom. The monoisotopic (exact) mass is 490 g/mol. The highest BCUT2D eigenvalue weighted by Gasteiger charge is 2.47. The zero-order valence-electron chi connectivity index (χ0n) is 22.9. The van der Waals surface area contributed by atoms with Gasteiger partial charge >= 0.3 is 0 Å².